The molecule has 1 aromatic heterocycles. The Morgan fingerprint density at radius 1 is 1.03 bits per heavy atom. The third-order valence-corrected chi connectivity index (χ3v) is 5.14. The number of ether oxygens (including phenoxy) is 3. The SMILES string of the molecule is CCCOc1ccc(C(=O)OCC(=O)c2ccc(CCNC(C)=O)s2)cc1OCC. The van der Waals surface area contributed by atoms with E-state index in [1.54, 1.807) is 24.3 Å². The topological polar surface area (TPSA) is 90.9 Å². The van der Waals surface area contributed by atoms with Crippen LogP contribution in [0.4, 0.5) is 0 Å². The molecule has 1 aromatic carbocycles. The van der Waals surface area contributed by atoms with Crippen molar-refractivity contribution in [3.8, 4) is 11.5 Å². The zero-order valence-electron chi connectivity index (χ0n) is 17.5. The number of hydrogen-bond donors (Lipinski definition) is 1. The molecule has 0 radical (unpaired) electrons. The summed E-state index contributed by atoms with van der Waals surface area (Å²) in [6.07, 6.45) is 1.50. The number of hydrogen-bond acceptors (Lipinski definition) is 7. The Bertz CT molecular complexity index is 876. The number of rotatable bonds is 12. The number of ketones is 1. The number of nitrogens with one attached hydrogen (secondary N) is 1. The van der Waals surface area contributed by atoms with Crippen molar-refractivity contribution in [1.82, 2.24) is 5.32 Å². The molecule has 0 unspecified atom stereocenters. The third-order valence-electron chi connectivity index (χ3n) is 3.96. The third kappa shape index (κ3) is 7.18. The van der Waals surface area contributed by atoms with Gasteiger partial charge in [-0.15, -0.1) is 11.3 Å². The summed E-state index contributed by atoms with van der Waals surface area (Å²) < 4.78 is 16.4. The molecule has 1 N–H and O–H groups in total. The number of amides is 1. The molecule has 0 aliphatic rings. The first kappa shape index (κ1) is 23.4. The quantitative estimate of drug-likeness (QED) is 0.406. The number of carbonyl (C=O) groups excluding carboxylic acids is 3. The fourth-order valence-corrected chi connectivity index (χ4v) is 3.48. The molecule has 30 heavy (non-hydrogen) atoms. The zero-order chi connectivity index (χ0) is 21.9. The summed E-state index contributed by atoms with van der Waals surface area (Å²) in [5.74, 6) is 0.0681. The van der Waals surface area contributed by atoms with E-state index in [1.165, 1.54) is 18.3 Å². The molecule has 162 valence electrons. The van der Waals surface area contributed by atoms with E-state index in [2.05, 4.69) is 5.32 Å². The fraction of sp³-hybridized carbons (Fsp3) is 0.409. The van der Waals surface area contributed by atoms with Crippen molar-refractivity contribution in [2.45, 2.75) is 33.6 Å². The van der Waals surface area contributed by atoms with Crippen molar-refractivity contribution in [1.29, 1.82) is 0 Å². The average Bonchev–Trinajstić information content (AvgIpc) is 3.19. The van der Waals surface area contributed by atoms with Crippen molar-refractivity contribution >= 4 is 29.0 Å². The second-order valence-electron chi connectivity index (χ2n) is 6.44. The lowest BCUT2D eigenvalue weighted by Gasteiger charge is -2.12. The predicted octanol–water partition coefficient (Wildman–Crippen LogP) is 3.65. The van der Waals surface area contributed by atoms with Gasteiger partial charge in [-0.25, -0.2) is 4.79 Å². The summed E-state index contributed by atoms with van der Waals surface area (Å²) in [6.45, 7) is 6.46. The maximum Gasteiger partial charge on any atom is 0.338 e. The van der Waals surface area contributed by atoms with Gasteiger partial charge in [0, 0.05) is 18.3 Å². The number of thiophene rings is 1. The van der Waals surface area contributed by atoms with Crippen LogP contribution in [0.2, 0.25) is 0 Å². The van der Waals surface area contributed by atoms with Crippen LogP contribution in [0.5, 0.6) is 11.5 Å². The number of esters is 1. The van der Waals surface area contributed by atoms with Crippen LogP contribution < -0.4 is 14.8 Å². The van der Waals surface area contributed by atoms with E-state index < -0.39 is 5.97 Å². The summed E-state index contributed by atoms with van der Waals surface area (Å²) in [4.78, 5) is 37.1. The predicted molar refractivity (Wildman–Crippen MR) is 115 cm³/mol. The van der Waals surface area contributed by atoms with Crippen LogP contribution in [0.25, 0.3) is 0 Å². The first-order chi connectivity index (χ1) is 14.4. The van der Waals surface area contributed by atoms with E-state index in [0.717, 1.165) is 11.3 Å². The molecule has 0 fully saturated rings. The van der Waals surface area contributed by atoms with Crippen molar-refractivity contribution in [2.75, 3.05) is 26.4 Å². The van der Waals surface area contributed by atoms with Gasteiger partial charge >= 0.3 is 5.97 Å². The molecule has 0 atom stereocenters. The summed E-state index contributed by atoms with van der Waals surface area (Å²) in [5.41, 5.74) is 0.289. The molecule has 1 heterocycles. The largest absolute Gasteiger partial charge is 0.490 e. The highest BCUT2D eigenvalue weighted by Gasteiger charge is 2.16. The molecule has 7 nitrogen and oxygen atoms in total. The van der Waals surface area contributed by atoms with E-state index >= 15 is 0 Å². The van der Waals surface area contributed by atoms with Crippen molar-refractivity contribution in [3.05, 3.63) is 45.6 Å². The Hall–Kier alpha value is -2.87. The highest BCUT2D eigenvalue weighted by Crippen LogP contribution is 2.29. The van der Waals surface area contributed by atoms with Gasteiger partial charge in [-0.3, -0.25) is 9.59 Å². The van der Waals surface area contributed by atoms with E-state index in [9.17, 15) is 14.4 Å². The van der Waals surface area contributed by atoms with Crippen molar-refractivity contribution < 1.29 is 28.6 Å². The number of benzene rings is 1. The lowest BCUT2D eigenvalue weighted by molar-refractivity contribution is -0.118. The lowest BCUT2D eigenvalue weighted by Crippen LogP contribution is -2.22. The number of carbonyl (C=O) groups is 3. The average molecular weight is 434 g/mol. The Balaban J connectivity index is 1.93. The monoisotopic (exact) mass is 433 g/mol. The Labute approximate surface area is 180 Å². The van der Waals surface area contributed by atoms with E-state index in [4.69, 9.17) is 14.2 Å². The zero-order valence-corrected chi connectivity index (χ0v) is 18.3. The summed E-state index contributed by atoms with van der Waals surface area (Å²) >= 11 is 1.33. The molecule has 0 bridgehead atoms. The molecular formula is C22H27NO6S. The van der Waals surface area contributed by atoms with E-state index in [0.29, 0.717) is 42.6 Å². The molecule has 2 aromatic rings. The number of Topliss-reactive ketones (excluding diaryl/α,β-unsaturated/α-hetero) is 1. The maximum atomic E-state index is 12.4. The smallest absolute Gasteiger partial charge is 0.338 e. The molecular weight excluding hydrogens is 406 g/mol. The summed E-state index contributed by atoms with van der Waals surface area (Å²) in [6, 6.07) is 8.36. The van der Waals surface area contributed by atoms with Crippen LogP contribution in [0, 0.1) is 0 Å². The highest BCUT2D eigenvalue weighted by atomic mass is 32.1. The summed E-state index contributed by atoms with van der Waals surface area (Å²) in [5, 5.41) is 2.71. The molecule has 8 heteroatoms. The molecule has 0 aliphatic carbocycles. The first-order valence-electron chi connectivity index (χ1n) is 9.87. The van der Waals surface area contributed by atoms with Gasteiger partial charge in [0.25, 0.3) is 0 Å². The Morgan fingerprint density at radius 3 is 2.53 bits per heavy atom. The van der Waals surface area contributed by atoms with Gasteiger partial charge in [0.1, 0.15) is 0 Å². The molecule has 1 amide bonds. The highest BCUT2D eigenvalue weighted by molar-refractivity contribution is 7.14. The second-order valence-corrected chi connectivity index (χ2v) is 7.61. The van der Waals surface area contributed by atoms with Crippen LogP contribution in [0.15, 0.2) is 30.3 Å². The molecule has 0 aliphatic heterocycles. The van der Waals surface area contributed by atoms with Crippen LogP contribution in [-0.4, -0.2) is 44.0 Å². The minimum atomic E-state index is -0.603. The van der Waals surface area contributed by atoms with Crippen LogP contribution in [0.3, 0.4) is 0 Å². The lowest BCUT2D eigenvalue weighted by atomic mass is 10.2. The standard InChI is InChI=1S/C22H27NO6S/c1-4-12-28-19-8-6-16(13-20(19)27-5-2)22(26)29-14-18(25)21-9-7-17(30-21)10-11-23-15(3)24/h6-9,13H,4-5,10-12,14H2,1-3H3,(H,23,24). The minimum Gasteiger partial charge on any atom is -0.490 e. The van der Waals surface area contributed by atoms with Crippen molar-refractivity contribution in [2.24, 2.45) is 0 Å². The second kappa shape index (κ2) is 12.0. The molecule has 0 spiro atoms. The normalized spacial score (nSPS) is 10.4. The molecule has 0 saturated carbocycles. The maximum absolute atomic E-state index is 12.4. The first-order valence-corrected chi connectivity index (χ1v) is 10.7. The van der Waals surface area contributed by atoms with Crippen LogP contribution in [0.1, 0.15) is 52.1 Å². The summed E-state index contributed by atoms with van der Waals surface area (Å²) in [7, 11) is 0. The Morgan fingerprint density at radius 2 is 1.83 bits per heavy atom. The van der Waals surface area contributed by atoms with E-state index in [-0.39, 0.29) is 23.9 Å². The minimum absolute atomic E-state index is 0.0905. The van der Waals surface area contributed by atoms with Gasteiger partial charge in [-0.1, -0.05) is 6.92 Å². The Kier molecular flexibility index (Phi) is 9.34. The van der Waals surface area contributed by atoms with Crippen molar-refractivity contribution in [3.63, 3.8) is 0 Å². The van der Waals surface area contributed by atoms with Crippen LogP contribution in [-0.2, 0) is 16.0 Å². The van der Waals surface area contributed by atoms with Gasteiger partial charge in [0.05, 0.1) is 23.7 Å². The van der Waals surface area contributed by atoms with Gasteiger partial charge in [-0.05, 0) is 50.1 Å². The van der Waals surface area contributed by atoms with Crippen LogP contribution >= 0.6 is 11.3 Å². The fourth-order valence-electron chi connectivity index (χ4n) is 2.54. The van der Waals surface area contributed by atoms with Gasteiger partial charge in [-0.2, -0.15) is 0 Å². The van der Waals surface area contributed by atoms with E-state index in [1.807, 2.05) is 19.9 Å². The van der Waals surface area contributed by atoms with Gasteiger partial charge < -0.3 is 19.5 Å². The molecule has 0 saturated heterocycles. The van der Waals surface area contributed by atoms with Gasteiger partial charge in [0.2, 0.25) is 11.7 Å². The molecule has 2 rings (SSSR count). The van der Waals surface area contributed by atoms with Gasteiger partial charge in [0.15, 0.2) is 18.1 Å².